The molecule has 1 atom stereocenters. The number of sulfonamides is 1. The minimum atomic E-state index is -3.79. The van der Waals surface area contributed by atoms with Crippen molar-refractivity contribution in [3.8, 4) is 0 Å². The van der Waals surface area contributed by atoms with Gasteiger partial charge in [0.25, 0.3) is 5.69 Å². The Balaban J connectivity index is 2.20. The number of hydrogen-bond donors (Lipinski definition) is 2. The third-order valence-electron chi connectivity index (χ3n) is 3.28. The smallest absolute Gasteiger partial charge is 0.271 e. The van der Waals surface area contributed by atoms with Gasteiger partial charge in [0.1, 0.15) is 4.90 Å². The summed E-state index contributed by atoms with van der Waals surface area (Å²) < 4.78 is 27.2. The van der Waals surface area contributed by atoms with Gasteiger partial charge in [0.2, 0.25) is 10.0 Å². The SMILES string of the molecule is O=[N+]([O-])c1ccc(S(=O)(=O)NC2CCCCNC2)c(Cl)c1. The molecule has 1 fully saturated rings. The number of nitrogens with one attached hydrogen (secondary N) is 2. The van der Waals surface area contributed by atoms with Gasteiger partial charge in [-0.25, -0.2) is 13.1 Å². The van der Waals surface area contributed by atoms with E-state index in [1.807, 2.05) is 0 Å². The van der Waals surface area contributed by atoms with E-state index in [-0.39, 0.29) is 21.6 Å². The molecule has 2 N–H and O–H groups in total. The third kappa shape index (κ3) is 4.13. The average molecular weight is 334 g/mol. The fourth-order valence-corrected chi connectivity index (χ4v) is 4.03. The highest BCUT2D eigenvalue weighted by Crippen LogP contribution is 2.26. The minimum Gasteiger partial charge on any atom is -0.315 e. The lowest BCUT2D eigenvalue weighted by molar-refractivity contribution is -0.384. The molecule has 0 radical (unpaired) electrons. The molecule has 0 spiro atoms. The van der Waals surface area contributed by atoms with Gasteiger partial charge in [-0.15, -0.1) is 0 Å². The Hall–Kier alpha value is -1.22. The summed E-state index contributed by atoms with van der Waals surface area (Å²) in [6.07, 6.45) is 2.70. The molecule has 1 heterocycles. The van der Waals surface area contributed by atoms with Crippen molar-refractivity contribution in [2.24, 2.45) is 0 Å². The van der Waals surface area contributed by atoms with Gasteiger partial charge in [0, 0.05) is 24.7 Å². The number of non-ortho nitro benzene ring substituents is 1. The first-order chi connectivity index (χ1) is 9.90. The number of nitrogens with zero attached hydrogens (tertiary/aromatic N) is 1. The summed E-state index contributed by atoms with van der Waals surface area (Å²) in [6, 6.07) is 3.13. The van der Waals surface area contributed by atoms with Crippen molar-refractivity contribution in [2.45, 2.75) is 30.2 Å². The average Bonchev–Trinajstić information content (AvgIpc) is 2.66. The van der Waals surface area contributed by atoms with Gasteiger partial charge in [-0.2, -0.15) is 0 Å². The van der Waals surface area contributed by atoms with Gasteiger partial charge < -0.3 is 5.32 Å². The van der Waals surface area contributed by atoms with Crippen molar-refractivity contribution >= 4 is 27.3 Å². The maximum Gasteiger partial charge on any atom is 0.271 e. The van der Waals surface area contributed by atoms with Gasteiger partial charge in [-0.1, -0.05) is 18.0 Å². The zero-order chi connectivity index (χ0) is 15.5. The van der Waals surface area contributed by atoms with E-state index in [9.17, 15) is 18.5 Å². The van der Waals surface area contributed by atoms with E-state index in [0.717, 1.165) is 44.0 Å². The zero-order valence-electron chi connectivity index (χ0n) is 11.2. The normalized spacial score (nSPS) is 20.0. The first-order valence-electron chi connectivity index (χ1n) is 6.57. The predicted octanol–water partition coefficient (Wildman–Crippen LogP) is 1.67. The largest absolute Gasteiger partial charge is 0.315 e. The van der Waals surface area contributed by atoms with E-state index in [1.165, 1.54) is 0 Å². The molecule has 1 saturated heterocycles. The number of nitro groups is 1. The molecule has 1 aromatic carbocycles. The Labute approximate surface area is 127 Å². The zero-order valence-corrected chi connectivity index (χ0v) is 12.8. The van der Waals surface area contributed by atoms with E-state index < -0.39 is 14.9 Å². The molecule has 1 aliphatic rings. The lowest BCUT2D eigenvalue weighted by Gasteiger charge is -2.17. The van der Waals surface area contributed by atoms with Crippen molar-refractivity contribution in [2.75, 3.05) is 13.1 Å². The summed E-state index contributed by atoms with van der Waals surface area (Å²) in [6.45, 7) is 1.43. The van der Waals surface area contributed by atoms with E-state index in [1.54, 1.807) is 0 Å². The summed E-state index contributed by atoms with van der Waals surface area (Å²) in [7, 11) is -3.79. The lowest BCUT2D eigenvalue weighted by Crippen LogP contribution is -2.40. The molecule has 0 aliphatic carbocycles. The van der Waals surface area contributed by atoms with Crippen LogP contribution < -0.4 is 10.0 Å². The first-order valence-corrected chi connectivity index (χ1v) is 8.43. The summed E-state index contributed by atoms with van der Waals surface area (Å²) in [5.41, 5.74) is -0.241. The van der Waals surface area contributed by atoms with Gasteiger partial charge >= 0.3 is 0 Å². The number of nitro benzene ring substituents is 1. The standard InChI is InChI=1S/C12H16ClN3O4S/c13-11-7-10(16(17)18)4-5-12(11)21(19,20)15-9-3-1-2-6-14-8-9/h4-5,7,9,14-15H,1-3,6,8H2. The van der Waals surface area contributed by atoms with Crippen LogP contribution in [-0.2, 0) is 10.0 Å². The van der Waals surface area contributed by atoms with E-state index in [2.05, 4.69) is 10.0 Å². The maximum absolute atomic E-state index is 12.3. The first kappa shape index (κ1) is 16.2. The van der Waals surface area contributed by atoms with Crippen molar-refractivity contribution in [1.82, 2.24) is 10.0 Å². The van der Waals surface area contributed by atoms with Crippen LogP contribution in [0.2, 0.25) is 5.02 Å². The fourth-order valence-electron chi connectivity index (χ4n) is 2.22. The Morgan fingerprint density at radius 2 is 2.14 bits per heavy atom. The molecule has 2 rings (SSSR count). The second-order valence-electron chi connectivity index (χ2n) is 4.89. The van der Waals surface area contributed by atoms with Crippen molar-refractivity contribution in [3.05, 3.63) is 33.3 Å². The molecule has 1 aromatic rings. The van der Waals surface area contributed by atoms with Crippen LogP contribution in [0.5, 0.6) is 0 Å². The molecule has 1 unspecified atom stereocenters. The molecule has 0 aromatic heterocycles. The summed E-state index contributed by atoms with van der Waals surface area (Å²) in [4.78, 5) is 9.88. The molecule has 1 aliphatic heterocycles. The highest BCUT2D eigenvalue weighted by Gasteiger charge is 2.24. The van der Waals surface area contributed by atoms with Crippen molar-refractivity contribution in [1.29, 1.82) is 0 Å². The van der Waals surface area contributed by atoms with Gasteiger partial charge in [0.05, 0.1) is 9.95 Å². The van der Waals surface area contributed by atoms with Crippen LogP contribution in [0.4, 0.5) is 5.69 Å². The molecule has 116 valence electrons. The van der Waals surface area contributed by atoms with Crippen LogP contribution in [0.1, 0.15) is 19.3 Å². The minimum absolute atomic E-state index is 0.140. The Kier molecular flexibility index (Phi) is 5.15. The molecule has 9 heteroatoms. The van der Waals surface area contributed by atoms with Crippen LogP contribution in [0.25, 0.3) is 0 Å². The van der Waals surface area contributed by atoms with Crippen LogP contribution in [0.3, 0.4) is 0 Å². The molecule has 7 nitrogen and oxygen atoms in total. The van der Waals surface area contributed by atoms with Crippen LogP contribution in [-0.4, -0.2) is 32.5 Å². The third-order valence-corrected chi connectivity index (χ3v) is 5.29. The Morgan fingerprint density at radius 3 is 2.81 bits per heavy atom. The Morgan fingerprint density at radius 1 is 1.38 bits per heavy atom. The summed E-state index contributed by atoms with van der Waals surface area (Å²) >= 11 is 5.87. The number of halogens is 1. The van der Waals surface area contributed by atoms with Crippen LogP contribution in [0.15, 0.2) is 23.1 Å². The molecule has 21 heavy (non-hydrogen) atoms. The second kappa shape index (κ2) is 6.69. The fraction of sp³-hybridized carbons (Fsp3) is 0.500. The van der Waals surface area contributed by atoms with Gasteiger partial charge in [0.15, 0.2) is 0 Å². The number of hydrogen-bond acceptors (Lipinski definition) is 5. The Bertz CT molecular complexity index is 627. The quantitative estimate of drug-likeness (QED) is 0.644. The predicted molar refractivity (Wildman–Crippen MR) is 78.9 cm³/mol. The molecular weight excluding hydrogens is 318 g/mol. The van der Waals surface area contributed by atoms with Gasteiger partial charge in [-0.3, -0.25) is 10.1 Å². The molecule has 0 saturated carbocycles. The van der Waals surface area contributed by atoms with Gasteiger partial charge in [-0.05, 0) is 25.5 Å². The lowest BCUT2D eigenvalue weighted by atomic mass is 10.2. The van der Waals surface area contributed by atoms with Crippen molar-refractivity contribution in [3.63, 3.8) is 0 Å². The second-order valence-corrected chi connectivity index (χ2v) is 6.98. The molecule has 0 amide bonds. The topological polar surface area (TPSA) is 101 Å². The number of benzene rings is 1. The van der Waals surface area contributed by atoms with E-state index in [4.69, 9.17) is 11.6 Å². The van der Waals surface area contributed by atoms with E-state index >= 15 is 0 Å². The highest BCUT2D eigenvalue weighted by molar-refractivity contribution is 7.89. The van der Waals surface area contributed by atoms with Crippen LogP contribution >= 0.6 is 11.6 Å². The highest BCUT2D eigenvalue weighted by atomic mass is 35.5. The summed E-state index contributed by atoms with van der Waals surface area (Å²) in [5.74, 6) is 0. The molecular formula is C12H16ClN3O4S. The number of rotatable bonds is 4. The maximum atomic E-state index is 12.3. The van der Waals surface area contributed by atoms with E-state index in [0.29, 0.717) is 6.54 Å². The summed E-state index contributed by atoms with van der Waals surface area (Å²) in [5, 5.41) is 13.6. The van der Waals surface area contributed by atoms with Crippen molar-refractivity contribution < 1.29 is 13.3 Å². The van der Waals surface area contributed by atoms with Crippen LogP contribution in [0, 0.1) is 10.1 Å². The molecule has 0 bridgehead atoms. The monoisotopic (exact) mass is 333 g/mol.